The van der Waals surface area contributed by atoms with Crippen LogP contribution in [0.15, 0.2) is 18.2 Å². The molecular weight excluding hydrogens is 167 g/mol. The molecule has 0 saturated carbocycles. The summed E-state index contributed by atoms with van der Waals surface area (Å²) in [6.07, 6.45) is 1.09. The Morgan fingerprint density at radius 2 is 2.31 bits per heavy atom. The molecule has 0 spiro atoms. The highest BCUT2D eigenvalue weighted by atomic mass is 19.1. The molecule has 2 nitrogen and oxygen atoms in total. The molecule has 1 atom stereocenters. The standard InChI is InChI=1S/C10H13FN2/c11-9-5-7(1-2-10(9)12)8-3-4-13-6-8/h1-2,5,8,13H,3-4,6,12H2/t8-/m1/s1. The quantitative estimate of drug-likeness (QED) is 0.642. The Balaban J connectivity index is 2.25. The molecule has 0 bridgehead atoms. The van der Waals surface area contributed by atoms with Gasteiger partial charge in [0.25, 0.3) is 0 Å². The van der Waals surface area contributed by atoms with Gasteiger partial charge in [-0.3, -0.25) is 0 Å². The van der Waals surface area contributed by atoms with E-state index >= 15 is 0 Å². The molecule has 1 aromatic carbocycles. The number of halogens is 1. The summed E-state index contributed by atoms with van der Waals surface area (Å²) in [6.45, 7) is 1.97. The maximum atomic E-state index is 13.1. The van der Waals surface area contributed by atoms with Gasteiger partial charge in [0, 0.05) is 6.54 Å². The fourth-order valence-corrected chi connectivity index (χ4v) is 1.74. The number of nitrogens with one attached hydrogen (secondary N) is 1. The molecule has 0 unspecified atom stereocenters. The second kappa shape index (κ2) is 3.34. The third-order valence-electron chi connectivity index (χ3n) is 2.56. The van der Waals surface area contributed by atoms with Crippen molar-refractivity contribution in [1.82, 2.24) is 5.32 Å². The summed E-state index contributed by atoms with van der Waals surface area (Å²) in [7, 11) is 0. The van der Waals surface area contributed by atoms with Crippen LogP contribution in [0.4, 0.5) is 10.1 Å². The van der Waals surface area contributed by atoms with E-state index in [1.165, 1.54) is 0 Å². The van der Waals surface area contributed by atoms with E-state index in [-0.39, 0.29) is 11.5 Å². The van der Waals surface area contributed by atoms with Gasteiger partial charge in [0.1, 0.15) is 5.82 Å². The summed E-state index contributed by atoms with van der Waals surface area (Å²) < 4.78 is 13.1. The number of hydrogen-bond donors (Lipinski definition) is 2. The van der Waals surface area contributed by atoms with E-state index in [0.29, 0.717) is 5.92 Å². The molecule has 0 aliphatic carbocycles. The van der Waals surface area contributed by atoms with Gasteiger partial charge in [-0.05, 0) is 36.6 Å². The molecule has 1 heterocycles. The highest BCUT2D eigenvalue weighted by Crippen LogP contribution is 2.24. The number of hydrogen-bond acceptors (Lipinski definition) is 2. The SMILES string of the molecule is Nc1ccc([C@@H]2CCNC2)cc1F. The summed E-state index contributed by atoms with van der Waals surface area (Å²) in [5.74, 6) is 0.152. The number of nitrogens with two attached hydrogens (primary N) is 1. The fourth-order valence-electron chi connectivity index (χ4n) is 1.74. The van der Waals surface area contributed by atoms with Crippen LogP contribution in [-0.2, 0) is 0 Å². The third kappa shape index (κ3) is 1.65. The van der Waals surface area contributed by atoms with E-state index in [2.05, 4.69) is 5.32 Å². The summed E-state index contributed by atoms with van der Waals surface area (Å²) in [6, 6.07) is 5.10. The molecule has 0 radical (unpaired) electrons. The van der Waals surface area contributed by atoms with Crippen molar-refractivity contribution in [2.45, 2.75) is 12.3 Å². The first-order valence-corrected chi connectivity index (χ1v) is 4.53. The predicted molar refractivity (Wildman–Crippen MR) is 51.0 cm³/mol. The van der Waals surface area contributed by atoms with E-state index in [0.717, 1.165) is 25.1 Å². The van der Waals surface area contributed by atoms with Gasteiger partial charge in [-0.15, -0.1) is 0 Å². The zero-order valence-corrected chi connectivity index (χ0v) is 7.39. The highest BCUT2D eigenvalue weighted by molar-refractivity contribution is 5.42. The summed E-state index contributed by atoms with van der Waals surface area (Å²) in [5, 5.41) is 3.25. The molecule has 1 saturated heterocycles. The van der Waals surface area contributed by atoms with Crippen molar-refractivity contribution in [2.75, 3.05) is 18.8 Å². The van der Waals surface area contributed by atoms with Crippen molar-refractivity contribution in [3.63, 3.8) is 0 Å². The van der Waals surface area contributed by atoms with Crippen molar-refractivity contribution in [3.05, 3.63) is 29.6 Å². The van der Waals surface area contributed by atoms with Crippen LogP contribution < -0.4 is 11.1 Å². The maximum Gasteiger partial charge on any atom is 0.146 e. The molecule has 1 aromatic rings. The summed E-state index contributed by atoms with van der Waals surface area (Å²) >= 11 is 0. The van der Waals surface area contributed by atoms with E-state index < -0.39 is 0 Å². The molecule has 13 heavy (non-hydrogen) atoms. The van der Waals surface area contributed by atoms with Crippen LogP contribution in [0.3, 0.4) is 0 Å². The predicted octanol–water partition coefficient (Wildman–Crippen LogP) is 1.48. The Hall–Kier alpha value is -1.09. The smallest absolute Gasteiger partial charge is 0.146 e. The maximum absolute atomic E-state index is 13.1. The average Bonchev–Trinajstić information content (AvgIpc) is 2.62. The lowest BCUT2D eigenvalue weighted by molar-refractivity contribution is 0.625. The van der Waals surface area contributed by atoms with Crippen LogP contribution in [0.5, 0.6) is 0 Å². The molecule has 2 rings (SSSR count). The van der Waals surface area contributed by atoms with Crippen molar-refractivity contribution in [1.29, 1.82) is 0 Å². The first-order valence-electron chi connectivity index (χ1n) is 4.53. The molecule has 3 N–H and O–H groups in total. The summed E-state index contributed by atoms with van der Waals surface area (Å²) in [5.41, 5.74) is 6.68. The van der Waals surface area contributed by atoms with E-state index in [4.69, 9.17) is 5.73 Å². The average molecular weight is 180 g/mol. The van der Waals surface area contributed by atoms with Gasteiger partial charge >= 0.3 is 0 Å². The largest absolute Gasteiger partial charge is 0.396 e. The minimum Gasteiger partial charge on any atom is -0.396 e. The lowest BCUT2D eigenvalue weighted by Crippen LogP contribution is -2.08. The molecule has 1 fully saturated rings. The molecule has 0 amide bonds. The van der Waals surface area contributed by atoms with Crippen LogP contribution in [0.2, 0.25) is 0 Å². The second-order valence-electron chi connectivity index (χ2n) is 3.47. The number of anilines is 1. The van der Waals surface area contributed by atoms with Gasteiger partial charge in [-0.2, -0.15) is 0 Å². The van der Waals surface area contributed by atoms with Crippen molar-refractivity contribution in [2.24, 2.45) is 0 Å². The van der Waals surface area contributed by atoms with Crippen LogP contribution in [0, 0.1) is 5.82 Å². The van der Waals surface area contributed by atoms with Gasteiger partial charge in [-0.25, -0.2) is 4.39 Å². The zero-order valence-electron chi connectivity index (χ0n) is 7.39. The zero-order chi connectivity index (χ0) is 9.26. The Bertz CT molecular complexity index is 306. The number of benzene rings is 1. The monoisotopic (exact) mass is 180 g/mol. The van der Waals surface area contributed by atoms with Crippen LogP contribution in [0.25, 0.3) is 0 Å². The van der Waals surface area contributed by atoms with Crippen molar-refractivity contribution >= 4 is 5.69 Å². The lowest BCUT2D eigenvalue weighted by atomic mass is 9.98. The Labute approximate surface area is 76.9 Å². The van der Waals surface area contributed by atoms with Gasteiger partial charge < -0.3 is 11.1 Å². The van der Waals surface area contributed by atoms with Crippen molar-refractivity contribution < 1.29 is 4.39 Å². The third-order valence-corrected chi connectivity index (χ3v) is 2.56. The normalized spacial score (nSPS) is 22.1. The van der Waals surface area contributed by atoms with Gasteiger partial charge in [-0.1, -0.05) is 6.07 Å². The Morgan fingerprint density at radius 3 is 2.92 bits per heavy atom. The highest BCUT2D eigenvalue weighted by Gasteiger charge is 2.17. The van der Waals surface area contributed by atoms with Crippen LogP contribution in [0.1, 0.15) is 17.9 Å². The van der Waals surface area contributed by atoms with Gasteiger partial charge in [0.05, 0.1) is 5.69 Å². The lowest BCUT2D eigenvalue weighted by Gasteiger charge is -2.09. The molecule has 1 aliphatic rings. The molecule has 1 aliphatic heterocycles. The van der Waals surface area contributed by atoms with E-state index in [1.807, 2.05) is 6.07 Å². The van der Waals surface area contributed by atoms with Crippen LogP contribution >= 0.6 is 0 Å². The minimum atomic E-state index is -0.301. The van der Waals surface area contributed by atoms with Crippen LogP contribution in [-0.4, -0.2) is 13.1 Å². The van der Waals surface area contributed by atoms with Gasteiger partial charge in [0.2, 0.25) is 0 Å². The minimum absolute atomic E-state index is 0.231. The topological polar surface area (TPSA) is 38.0 Å². The second-order valence-corrected chi connectivity index (χ2v) is 3.47. The van der Waals surface area contributed by atoms with Gasteiger partial charge in [0.15, 0.2) is 0 Å². The molecule has 0 aromatic heterocycles. The molecule has 3 heteroatoms. The van der Waals surface area contributed by atoms with E-state index in [1.54, 1.807) is 12.1 Å². The first-order chi connectivity index (χ1) is 6.27. The molecule has 70 valence electrons. The molecular formula is C10H13FN2. The Kier molecular flexibility index (Phi) is 2.19. The van der Waals surface area contributed by atoms with E-state index in [9.17, 15) is 4.39 Å². The number of nitrogen functional groups attached to an aromatic ring is 1. The van der Waals surface area contributed by atoms with Crippen molar-refractivity contribution in [3.8, 4) is 0 Å². The summed E-state index contributed by atoms with van der Waals surface area (Å²) in [4.78, 5) is 0. The first kappa shape index (κ1) is 8.51. The number of rotatable bonds is 1. The Morgan fingerprint density at radius 1 is 1.46 bits per heavy atom. The fraction of sp³-hybridized carbons (Fsp3) is 0.400.